The molecule has 0 saturated heterocycles. The third-order valence-corrected chi connectivity index (χ3v) is 2.74. The van der Waals surface area contributed by atoms with Crippen LogP contribution in [0, 0.1) is 5.82 Å². The zero-order chi connectivity index (χ0) is 13.0. The molecule has 18 heavy (non-hydrogen) atoms. The Balaban J connectivity index is 2.15. The number of halogens is 2. The average Bonchev–Trinajstić information content (AvgIpc) is 2.40. The van der Waals surface area contributed by atoms with E-state index >= 15 is 0 Å². The van der Waals surface area contributed by atoms with E-state index in [0.717, 1.165) is 6.42 Å². The van der Waals surface area contributed by atoms with Crippen LogP contribution in [0.5, 0.6) is 11.5 Å². The minimum absolute atomic E-state index is 0.0451. The SMILES string of the molecule is CCc1ccc(Oc2ccc(CF)c(F)c2)cc1. The van der Waals surface area contributed by atoms with Gasteiger partial charge in [-0.3, -0.25) is 0 Å². The molecule has 0 heterocycles. The highest BCUT2D eigenvalue weighted by atomic mass is 19.1. The van der Waals surface area contributed by atoms with Gasteiger partial charge in [0.25, 0.3) is 0 Å². The largest absolute Gasteiger partial charge is 0.457 e. The van der Waals surface area contributed by atoms with Crippen LogP contribution in [-0.2, 0) is 13.1 Å². The van der Waals surface area contributed by atoms with Crippen molar-refractivity contribution in [3.8, 4) is 11.5 Å². The van der Waals surface area contributed by atoms with Crippen molar-refractivity contribution in [2.24, 2.45) is 0 Å². The normalized spacial score (nSPS) is 10.4. The zero-order valence-electron chi connectivity index (χ0n) is 10.1. The van der Waals surface area contributed by atoms with Crippen molar-refractivity contribution in [3.63, 3.8) is 0 Å². The van der Waals surface area contributed by atoms with Crippen LogP contribution in [0.3, 0.4) is 0 Å². The molecule has 1 nitrogen and oxygen atoms in total. The maximum Gasteiger partial charge on any atom is 0.132 e. The van der Waals surface area contributed by atoms with Crippen LogP contribution in [0.2, 0.25) is 0 Å². The van der Waals surface area contributed by atoms with Gasteiger partial charge < -0.3 is 4.74 Å². The van der Waals surface area contributed by atoms with Gasteiger partial charge in [0.15, 0.2) is 0 Å². The van der Waals surface area contributed by atoms with Gasteiger partial charge in [0.05, 0.1) is 0 Å². The second kappa shape index (κ2) is 5.63. The number of rotatable bonds is 4. The van der Waals surface area contributed by atoms with E-state index in [1.54, 1.807) is 6.07 Å². The van der Waals surface area contributed by atoms with Crippen LogP contribution < -0.4 is 4.74 Å². The van der Waals surface area contributed by atoms with Crippen molar-refractivity contribution in [3.05, 3.63) is 59.4 Å². The molecule has 0 saturated carbocycles. The van der Waals surface area contributed by atoms with Crippen LogP contribution in [0.15, 0.2) is 42.5 Å². The van der Waals surface area contributed by atoms with Gasteiger partial charge in [-0.1, -0.05) is 19.1 Å². The first kappa shape index (κ1) is 12.6. The van der Waals surface area contributed by atoms with Crippen molar-refractivity contribution in [1.82, 2.24) is 0 Å². The van der Waals surface area contributed by atoms with E-state index in [9.17, 15) is 8.78 Å². The summed E-state index contributed by atoms with van der Waals surface area (Å²) in [5, 5.41) is 0. The summed E-state index contributed by atoms with van der Waals surface area (Å²) < 4.78 is 31.2. The average molecular weight is 248 g/mol. The molecule has 2 aromatic carbocycles. The number of ether oxygens (including phenoxy) is 1. The van der Waals surface area contributed by atoms with Gasteiger partial charge in [-0.25, -0.2) is 8.78 Å². The lowest BCUT2D eigenvalue weighted by molar-refractivity contribution is 0.452. The summed E-state index contributed by atoms with van der Waals surface area (Å²) in [5.74, 6) is 0.425. The third kappa shape index (κ3) is 2.86. The van der Waals surface area contributed by atoms with Gasteiger partial charge in [0, 0.05) is 11.6 Å². The molecule has 0 N–H and O–H groups in total. The Morgan fingerprint density at radius 3 is 2.22 bits per heavy atom. The maximum absolute atomic E-state index is 13.4. The Kier molecular flexibility index (Phi) is 3.92. The molecule has 0 aromatic heterocycles. The molecule has 0 aliphatic heterocycles. The number of alkyl halides is 1. The van der Waals surface area contributed by atoms with Gasteiger partial charge in [0.1, 0.15) is 24.0 Å². The summed E-state index contributed by atoms with van der Waals surface area (Å²) >= 11 is 0. The van der Waals surface area contributed by atoms with Crippen LogP contribution in [-0.4, -0.2) is 0 Å². The van der Waals surface area contributed by atoms with E-state index in [4.69, 9.17) is 4.74 Å². The molecule has 0 fully saturated rings. The second-order valence-corrected chi connectivity index (χ2v) is 3.99. The highest BCUT2D eigenvalue weighted by Gasteiger charge is 2.04. The van der Waals surface area contributed by atoms with Gasteiger partial charge in [0.2, 0.25) is 0 Å². The molecule has 3 heteroatoms. The number of hydrogen-bond acceptors (Lipinski definition) is 1. The summed E-state index contributed by atoms with van der Waals surface area (Å²) in [5.41, 5.74) is 1.25. The molecular weight excluding hydrogens is 234 g/mol. The summed E-state index contributed by atoms with van der Waals surface area (Å²) in [6.07, 6.45) is 0.958. The molecule has 0 atom stereocenters. The Morgan fingerprint density at radius 2 is 1.67 bits per heavy atom. The number of hydrogen-bond donors (Lipinski definition) is 0. The Labute approximate surface area is 105 Å². The maximum atomic E-state index is 13.4. The minimum Gasteiger partial charge on any atom is -0.457 e. The molecule has 0 aliphatic carbocycles. The van der Waals surface area contributed by atoms with E-state index in [1.807, 2.05) is 24.3 Å². The minimum atomic E-state index is -0.808. The Bertz CT molecular complexity index is 521. The summed E-state index contributed by atoms with van der Waals surface area (Å²) in [6.45, 7) is 1.26. The van der Waals surface area contributed by atoms with Crippen molar-refractivity contribution < 1.29 is 13.5 Å². The van der Waals surface area contributed by atoms with Crippen molar-refractivity contribution >= 4 is 0 Å². The monoisotopic (exact) mass is 248 g/mol. The van der Waals surface area contributed by atoms with Crippen LogP contribution in [0.25, 0.3) is 0 Å². The first-order chi connectivity index (χ1) is 8.72. The fraction of sp³-hybridized carbons (Fsp3) is 0.200. The standard InChI is InChI=1S/C15H14F2O/c1-2-11-3-6-13(7-4-11)18-14-8-5-12(10-16)15(17)9-14/h3-9H,2,10H2,1H3. The molecule has 94 valence electrons. The van der Waals surface area contributed by atoms with Crippen molar-refractivity contribution in [1.29, 1.82) is 0 Å². The molecule has 0 amide bonds. The third-order valence-electron chi connectivity index (χ3n) is 2.74. The summed E-state index contributed by atoms with van der Waals surface area (Å²) in [7, 11) is 0. The number of aryl methyl sites for hydroxylation is 1. The summed E-state index contributed by atoms with van der Waals surface area (Å²) in [4.78, 5) is 0. The van der Waals surface area contributed by atoms with Gasteiger partial charge in [-0.15, -0.1) is 0 Å². The van der Waals surface area contributed by atoms with Crippen molar-refractivity contribution in [2.75, 3.05) is 0 Å². The lowest BCUT2D eigenvalue weighted by Crippen LogP contribution is -1.90. The number of benzene rings is 2. The Morgan fingerprint density at radius 1 is 1.00 bits per heavy atom. The van der Waals surface area contributed by atoms with E-state index in [-0.39, 0.29) is 5.56 Å². The lowest BCUT2D eigenvalue weighted by atomic mass is 10.2. The molecule has 0 aliphatic rings. The van der Waals surface area contributed by atoms with Gasteiger partial charge in [-0.2, -0.15) is 0 Å². The van der Waals surface area contributed by atoms with Gasteiger partial charge in [-0.05, 0) is 36.2 Å². The first-order valence-electron chi connectivity index (χ1n) is 5.84. The van der Waals surface area contributed by atoms with E-state index in [0.29, 0.717) is 11.5 Å². The lowest BCUT2D eigenvalue weighted by Gasteiger charge is -2.07. The molecule has 2 aromatic rings. The highest BCUT2D eigenvalue weighted by Crippen LogP contribution is 2.24. The predicted octanol–water partition coefficient (Wildman–Crippen LogP) is 4.65. The molecule has 2 rings (SSSR count). The van der Waals surface area contributed by atoms with Crippen molar-refractivity contribution in [2.45, 2.75) is 20.0 Å². The van der Waals surface area contributed by atoms with Crippen LogP contribution >= 0.6 is 0 Å². The second-order valence-electron chi connectivity index (χ2n) is 3.99. The van der Waals surface area contributed by atoms with E-state index < -0.39 is 12.5 Å². The molecule has 0 spiro atoms. The Hall–Kier alpha value is -1.90. The summed E-state index contributed by atoms with van der Waals surface area (Å²) in [6, 6.07) is 11.7. The highest BCUT2D eigenvalue weighted by molar-refractivity contribution is 5.35. The van der Waals surface area contributed by atoms with E-state index in [1.165, 1.54) is 17.7 Å². The van der Waals surface area contributed by atoms with Gasteiger partial charge >= 0.3 is 0 Å². The molecular formula is C15H14F2O. The molecule has 0 bridgehead atoms. The fourth-order valence-electron chi connectivity index (χ4n) is 1.63. The molecule has 0 unspecified atom stereocenters. The molecule has 0 radical (unpaired) electrons. The zero-order valence-corrected chi connectivity index (χ0v) is 10.1. The van der Waals surface area contributed by atoms with Crippen LogP contribution in [0.4, 0.5) is 8.78 Å². The first-order valence-corrected chi connectivity index (χ1v) is 5.84. The quantitative estimate of drug-likeness (QED) is 0.765. The van der Waals surface area contributed by atoms with E-state index in [2.05, 4.69) is 6.92 Å². The smallest absolute Gasteiger partial charge is 0.132 e. The predicted molar refractivity (Wildman–Crippen MR) is 67.1 cm³/mol. The topological polar surface area (TPSA) is 9.23 Å². The van der Waals surface area contributed by atoms with Crippen LogP contribution in [0.1, 0.15) is 18.1 Å². The fourth-order valence-corrected chi connectivity index (χ4v) is 1.63.